The minimum Gasteiger partial charge on any atom is -0.0984 e. The van der Waals surface area contributed by atoms with Gasteiger partial charge in [-0.3, -0.25) is 0 Å². The summed E-state index contributed by atoms with van der Waals surface area (Å²) in [6.45, 7) is 36.7. The Hall–Kier alpha value is -7.80. The van der Waals surface area contributed by atoms with E-state index in [1.165, 1.54) is 98.8 Å². The van der Waals surface area contributed by atoms with Gasteiger partial charge in [0.1, 0.15) is 0 Å². The molecule has 0 spiro atoms. The van der Waals surface area contributed by atoms with Crippen molar-refractivity contribution in [3.05, 3.63) is 281 Å². The third kappa shape index (κ3) is 12.2. The van der Waals surface area contributed by atoms with Crippen LogP contribution in [0.15, 0.2) is 236 Å². The fraction of sp³-hybridized carbons (Fsp3) is 0.189. The molecule has 1 aliphatic rings. The first-order chi connectivity index (χ1) is 36.1. The highest BCUT2D eigenvalue weighted by Crippen LogP contribution is 2.42. The molecule has 8 aromatic rings. The average molecular weight is 967 g/mol. The lowest BCUT2D eigenvalue weighted by molar-refractivity contribution is 0.946. The van der Waals surface area contributed by atoms with Crippen molar-refractivity contribution in [1.82, 2.24) is 0 Å². The van der Waals surface area contributed by atoms with Crippen LogP contribution in [0.2, 0.25) is 0 Å². The normalized spacial score (nSPS) is 13.4. The van der Waals surface area contributed by atoms with Crippen molar-refractivity contribution in [2.24, 2.45) is 0 Å². The van der Waals surface area contributed by atoms with Gasteiger partial charge in [0, 0.05) is 5.92 Å². The van der Waals surface area contributed by atoms with E-state index in [9.17, 15) is 0 Å². The fourth-order valence-corrected chi connectivity index (χ4v) is 10.2. The summed E-state index contributed by atoms with van der Waals surface area (Å²) >= 11 is 0. The summed E-state index contributed by atoms with van der Waals surface area (Å²) in [5.74, 6) is 0.114. The monoisotopic (exact) mass is 967 g/mol. The smallest absolute Gasteiger partial charge is 0.000524 e. The first-order valence-corrected chi connectivity index (χ1v) is 27.0. The maximum atomic E-state index is 4.83. The maximum absolute atomic E-state index is 4.83. The van der Waals surface area contributed by atoms with Crippen LogP contribution in [0.5, 0.6) is 0 Å². The van der Waals surface area contributed by atoms with Gasteiger partial charge in [0.15, 0.2) is 0 Å². The van der Waals surface area contributed by atoms with Crippen LogP contribution in [0.4, 0.5) is 0 Å². The van der Waals surface area contributed by atoms with Crippen LogP contribution in [-0.2, 0) is 0 Å². The van der Waals surface area contributed by atoms with Crippen LogP contribution >= 0.6 is 0 Å². The minimum absolute atomic E-state index is 0.114. The van der Waals surface area contributed by atoms with E-state index in [1.54, 1.807) is 0 Å². The van der Waals surface area contributed by atoms with E-state index in [4.69, 9.17) is 6.58 Å². The van der Waals surface area contributed by atoms with Crippen molar-refractivity contribution >= 4 is 72.0 Å². The largest absolute Gasteiger partial charge is 0.0984 e. The fourth-order valence-electron chi connectivity index (χ4n) is 10.2. The molecule has 0 bridgehead atoms. The van der Waals surface area contributed by atoms with E-state index in [0.717, 1.165) is 40.7 Å². The highest BCUT2D eigenvalue weighted by atomic mass is 14.3. The highest BCUT2D eigenvalue weighted by Gasteiger charge is 2.21. The summed E-state index contributed by atoms with van der Waals surface area (Å²) < 4.78 is 0. The number of allylic oxidation sites excluding steroid dienone is 15. The predicted molar refractivity (Wildman–Crippen MR) is 335 cm³/mol. The Morgan fingerprint density at radius 3 is 1.64 bits per heavy atom. The van der Waals surface area contributed by atoms with Crippen LogP contribution < -0.4 is 0 Å². The second-order valence-electron chi connectivity index (χ2n) is 18.2. The lowest BCUT2D eigenvalue weighted by atomic mass is 9.81. The van der Waals surface area contributed by atoms with Gasteiger partial charge in [-0.1, -0.05) is 256 Å². The van der Waals surface area contributed by atoms with Crippen molar-refractivity contribution in [3.63, 3.8) is 0 Å². The van der Waals surface area contributed by atoms with E-state index < -0.39 is 0 Å². The summed E-state index contributed by atoms with van der Waals surface area (Å²) in [7, 11) is 0. The zero-order valence-corrected chi connectivity index (χ0v) is 46.2. The third-order valence-corrected chi connectivity index (χ3v) is 14.0. The third-order valence-electron chi connectivity index (χ3n) is 14.0. The zero-order chi connectivity index (χ0) is 53.3. The molecule has 0 nitrogen and oxygen atoms in total. The summed E-state index contributed by atoms with van der Waals surface area (Å²) in [4.78, 5) is 0. The number of fused-ring (bicyclic) bond motifs is 6. The number of rotatable bonds is 13. The second-order valence-corrected chi connectivity index (χ2v) is 18.2. The highest BCUT2D eigenvalue weighted by molar-refractivity contribution is 6.13. The number of hydrogen-bond donors (Lipinski definition) is 0. The predicted octanol–water partition coefficient (Wildman–Crippen LogP) is 22.4. The molecule has 1 atom stereocenters. The Balaban J connectivity index is 0.00000143. The second kappa shape index (κ2) is 26.8. The van der Waals surface area contributed by atoms with Gasteiger partial charge in [0.25, 0.3) is 0 Å². The Morgan fingerprint density at radius 2 is 1.03 bits per heavy atom. The molecule has 0 amide bonds. The SMILES string of the molecule is C=Cc1ccccc1/C=C(C)/C(=C/C(C)c1cc2ccccc2c2ccccc12)c1ccc(/C(=C\C(=C)c2cc3ccccc3c3ccccc23)C2=CC=C(C(=C)/C=C\C=C/C)CC2)c(C)c1C.CC.CC.CC. The van der Waals surface area contributed by atoms with Crippen molar-refractivity contribution in [3.8, 4) is 0 Å². The molecular weight excluding hydrogens is 889 g/mol. The molecule has 0 saturated carbocycles. The number of benzene rings is 8. The molecule has 0 aromatic heterocycles. The molecule has 9 rings (SSSR count). The lowest BCUT2D eigenvalue weighted by Gasteiger charge is -2.23. The van der Waals surface area contributed by atoms with Crippen LogP contribution in [0.1, 0.15) is 126 Å². The van der Waals surface area contributed by atoms with Crippen molar-refractivity contribution in [1.29, 1.82) is 0 Å². The quantitative estimate of drug-likeness (QED) is 0.0798. The van der Waals surface area contributed by atoms with Gasteiger partial charge in [-0.05, 0) is 185 Å². The number of hydrogen-bond acceptors (Lipinski definition) is 0. The lowest BCUT2D eigenvalue weighted by Crippen LogP contribution is -2.04. The van der Waals surface area contributed by atoms with Gasteiger partial charge < -0.3 is 0 Å². The molecule has 74 heavy (non-hydrogen) atoms. The molecule has 0 radical (unpaired) electrons. The average Bonchev–Trinajstić information content (AvgIpc) is 3.46. The minimum atomic E-state index is 0.114. The molecule has 1 aliphatic carbocycles. The van der Waals surface area contributed by atoms with Gasteiger partial charge >= 0.3 is 0 Å². The molecule has 0 N–H and O–H groups in total. The molecule has 1 unspecified atom stereocenters. The molecule has 0 heteroatoms. The zero-order valence-electron chi connectivity index (χ0n) is 46.2. The van der Waals surface area contributed by atoms with Crippen LogP contribution in [0.25, 0.3) is 72.0 Å². The Labute approximate surface area is 445 Å². The van der Waals surface area contributed by atoms with Crippen molar-refractivity contribution in [2.75, 3.05) is 0 Å². The summed E-state index contributed by atoms with van der Waals surface area (Å²) in [6, 6.07) is 53.0. The van der Waals surface area contributed by atoms with Gasteiger partial charge in [-0.25, -0.2) is 0 Å². The molecule has 0 aliphatic heterocycles. The van der Waals surface area contributed by atoms with Crippen LogP contribution in [0, 0.1) is 13.8 Å². The molecule has 8 aromatic carbocycles. The van der Waals surface area contributed by atoms with Gasteiger partial charge in [0.05, 0.1) is 0 Å². The van der Waals surface area contributed by atoms with Crippen LogP contribution in [-0.4, -0.2) is 0 Å². The Kier molecular flexibility index (Phi) is 20.1. The van der Waals surface area contributed by atoms with Gasteiger partial charge in [-0.15, -0.1) is 0 Å². The molecular formula is C74H78. The summed E-state index contributed by atoms with van der Waals surface area (Å²) in [6.07, 6.45) is 23.8. The topological polar surface area (TPSA) is 0 Å². The van der Waals surface area contributed by atoms with Gasteiger partial charge in [0.2, 0.25) is 0 Å². The molecule has 0 fully saturated rings. The Morgan fingerprint density at radius 1 is 0.527 bits per heavy atom. The van der Waals surface area contributed by atoms with E-state index in [1.807, 2.05) is 60.6 Å². The molecule has 0 saturated heterocycles. The summed E-state index contributed by atoms with van der Waals surface area (Å²) in [5, 5.41) is 10.1. The Bertz CT molecular complexity index is 3540. The maximum Gasteiger partial charge on any atom is 0.000524 e. The van der Waals surface area contributed by atoms with Crippen molar-refractivity contribution in [2.45, 2.75) is 94.9 Å². The summed E-state index contributed by atoms with van der Waals surface area (Å²) in [5.41, 5.74) is 18.0. The first kappa shape index (κ1) is 55.5. The van der Waals surface area contributed by atoms with Crippen molar-refractivity contribution < 1.29 is 0 Å². The van der Waals surface area contributed by atoms with Crippen LogP contribution in [0.3, 0.4) is 0 Å². The first-order valence-electron chi connectivity index (χ1n) is 27.0. The van der Waals surface area contributed by atoms with Gasteiger partial charge in [-0.2, -0.15) is 0 Å². The molecule has 374 valence electrons. The van der Waals surface area contributed by atoms with E-state index >= 15 is 0 Å². The van der Waals surface area contributed by atoms with E-state index in [-0.39, 0.29) is 5.92 Å². The molecule has 0 heterocycles. The standard InChI is InChI=1S/C68H60.3C2H6/c1-9-11-12-23-45(3)52-34-36-53(37-35-52)68(42-48(6)67-44-56-27-16-18-29-60(56)62-31-20-22-33-64(62)67)58-39-38-57(49(7)50(58)8)65(46(4)40-54-25-14-13-24-51(54)10-2)41-47(5)66-43-55-26-15-17-28-59(55)61-30-19-21-32-63(61)66;3*1-2/h9-34,36,38-44,47H,2-3,6,35,37H2,1,4-5,7-8H3;3*1-2H3/b11-9-,23-12-,46-40+,65-41-,68-42-;;;. The van der Waals surface area contributed by atoms with E-state index in [0.29, 0.717) is 0 Å². The van der Waals surface area contributed by atoms with E-state index in [2.05, 4.69) is 235 Å².